The number of piperidine rings is 1. The number of hydrogen-bond acceptors (Lipinski definition) is 4. The van der Waals surface area contributed by atoms with Gasteiger partial charge in [0.05, 0.1) is 0 Å². The molecule has 0 radical (unpaired) electrons. The largest absolute Gasteiger partial charge is 0.381 e. The molecule has 3 heterocycles. The zero-order chi connectivity index (χ0) is 16.6. The Morgan fingerprint density at radius 2 is 1.83 bits per heavy atom. The van der Waals surface area contributed by atoms with Gasteiger partial charge in [0.2, 0.25) is 5.91 Å². The second-order valence-electron chi connectivity index (χ2n) is 6.95. The maximum Gasteiger partial charge on any atom is 0.325 e. The number of ether oxygens (including phenoxy) is 1. The smallest absolute Gasteiger partial charge is 0.325 e. The van der Waals surface area contributed by atoms with Gasteiger partial charge in [0, 0.05) is 38.1 Å². The number of carbonyl (C=O) groups excluding carboxylic acids is 3. The predicted molar refractivity (Wildman–Crippen MR) is 82.6 cm³/mol. The van der Waals surface area contributed by atoms with E-state index in [0.717, 1.165) is 24.2 Å². The first kappa shape index (κ1) is 16.2. The van der Waals surface area contributed by atoms with E-state index in [1.807, 2.05) is 18.7 Å². The minimum atomic E-state index is -0.866. The summed E-state index contributed by atoms with van der Waals surface area (Å²) in [4.78, 5) is 40.5. The molecule has 0 aromatic carbocycles. The van der Waals surface area contributed by atoms with E-state index >= 15 is 0 Å². The minimum Gasteiger partial charge on any atom is -0.381 e. The molecule has 4 amide bonds. The highest BCUT2D eigenvalue weighted by Crippen LogP contribution is 2.29. The fraction of sp³-hybridized carbons (Fsp3) is 0.812. The Morgan fingerprint density at radius 3 is 2.43 bits per heavy atom. The summed E-state index contributed by atoms with van der Waals surface area (Å²) >= 11 is 0. The highest BCUT2D eigenvalue weighted by atomic mass is 16.5. The number of nitrogens with zero attached hydrogens (tertiary/aromatic N) is 2. The molecule has 3 aliphatic rings. The summed E-state index contributed by atoms with van der Waals surface area (Å²) in [6.45, 7) is 4.79. The van der Waals surface area contributed by atoms with E-state index in [0.29, 0.717) is 26.1 Å². The van der Waals surface area contributed by atoms with Gasteiger partial charge in [-0.15, -0.1) is 0 Å². The third kappa shape index (κ3) is 2.82. The van der Waals surface area contributed by atoms with Crippen LogP contribution in [0.1, 0.15) is 46.0 Å². The molecule has 7 nitrogen and oxygen atoms in total. The molecule has 0 aromatic heterocycles. The van der Waals surface area contributed by atoms with Gasteiger partial charge in [0.25, 0.3) is 5.91 Å². The van der Waals surface area contributed by atoms with Crippen LogP contribution in [-0.2, 0) is 14.3 Å². The third-order valence-electron chi connectivity index (χ3n) is 5.37. The second-order valence-corrected chi connectivity index (χ2v) is 6.95. The Labute approximate surface area is 136 Å². The standard InChI is InChI=1S/C16H25N3O4/c1-11-4-3-5-12(2)19(11)13(20)10-18-14(21)16(17-15(18)22)6-8-23-9-7-16/h11-12H,3-10H2,1-2H3,(H,17,22)/t11-,12-/m0/s1. The Balaban J connectivity index is 1.71. The fourth-order valence-corrected chi connectivity index (χ4v) is 4.01. The first-order valence-electron chi connectivity index (χ1n) is 8.48. The van der Waals surface area contributed by atoms with Gasteiger partial charge in [-0.1, -0.05) is 0 Å². The van der Waals surface area contributed by atoms with Gasteiger partial charge in [-0.3, -0.25) is 14.5 Å². The average Bonchev–Trinajstić information content (AvgIpc) is 2.72. The molecule has 3 rings (SSSR count). The number of urea groups is 1. The van der Waals surface area contributed by atoms with Crippen LogP contribution in [0, 0.1) is 0 Å². The van der Waals surface area contributed by atoms with E-state index in [2.05, 4.69) is 5.32 Å². The second kappa shape index (κ2) is 6.11. The van der Waals surface area contributed by atoms with Crippen molar-refractivity contribution in [1.82, 2.24) is 15.1 Å². The van der Waals surface area contributed by atoms with Crippen molar-refractivity contribution in [3.63, 3.8) is 0 Å². The summed E-state index contributed by atoms with van der Waals surface area (Å²) in [7, 11) is 0. The Bertz CT molecular complexity index is 505. The molecule has 3 fully saturated rings. The third-order valence-corrected chi connectivity index (χ3v) is 5.37. The lowest BCUT2D eigenvalue weighted by molar-refractivity contribution is -0.143. The number of hydrogen-bond donors (Lipinski definition) is 1. The van der Waals surface area contributed by atoms with Crippen LogP contribution in [0.15, 0.2) is 0 Å². The molecular formula is C16H25N3O4. The van der Waals surface area contributed by atoms with Crippen LogP contribution in [0.3, 0.4) is 0 Å². The summed E-state index contributed by atoms with van der Waals surface area (Å²) in [5.74, 6) is -0.422. The molecular weight excluding hydrogens is 298 g/mol. The quantitative estimate of drug-likeness (QED) is 0.765. The van der Waals surface area contributed by atoms with E-state index in [1.165, 1.54) is 0 Å². The average molecular weight is 323 g/mol. The van der Waals surface area contributed by atoms with Gasteiger partial charge in [-0.25, -0.2) is 4.79 Å². The lowest BCUT2D eigenvalue weighted by Crippen LogP contribution is -2.53. The summed E-state index contributed by atoms with van der Waals surface area (Å²) in [6.07, 6.45) is 3.99. The predicted octanol–water partition coefficient (Wildman–Crippen LogP) is 0.877. The Kier molecular flexibility index (Phi) is 4.31. The van der Waals surface area contributed by atoms with E-state index in [9.17, 15) is 14.4 Å². The number of imide groups is 1. The molecule has 1 N–H and O–H groups in total. The minimum absolute atomic E-state index is 0.141. The molecule has 0 unspecified atom stereocenters. The van der Waals surface area contributed by atoms with Crippen LogP contribution < -0.4 is 5.32 Å². The molecule has 0 saturated carbocycles. The Morgan fingerprint density at radius 1 is 1.22 bits per heavy atom. The number of amides is 4. The zero-order valence-electron chi connectivity index (χ0n) is 13.8. The highest BCUT2D eigenvalue weighted by Gasteiger charge is 2.52. The normalized spacial score (nSPS) is 30.7. The molecule has 2 atom stereocenters. The molecule has 0 aromatic rings. The van der Waals surface area contributed by atoms with E-state index in [1.54, 1.807) is 0 Å². The van der Waals surface area contributed by atoms with Crippen molar-refractivity contribution >= 4 is 17.8 Å². The number of carbonyl (C=O) groups is 3. The van der Waals surface area contributed by atoms with Gasteiger partial charge < -0.3 is 15.0 Å². The molecule has 7 heteroatoms. The molecule has 3 saturated heterocycles. The summed E-state index contributed by atoms with van der Waals surface area (Å²) in [5.41, 5.74) is -0.866. The first-order chi connectivity index (χ1) is 10.9. The van der Waals surface area contributed by atoms with Crippen LogP contribution in [0.2, 0.25) is 0 Å². The fourth-order valence-electron chi connectivity index (χ4n) is 4.01. The van der Waals surface area contributed by atoms with Gasteiger partial charge in [0.15, 0.2) is 0 Å². The highest BCUT2D eigenvalue weighted by molar-refractivity contribution is 6.09. The lowest BCUT2D eigenvalue weighted by Gasteiger charge is -2.39. The maximum atomic E-state index is 12.7. The van der Waals surface area contributed by atoms with E-state index in [-0.39, 0.29) is 30.4 Å². The van der Waals surface area contributed by atoms with Crippen LogP contribution in [0.4, 0.5) is 4.79 Å². The molecule has 1 spiro atoms. The lowest BCUT2D eigenvalue weighted by atomic mass is 9.90. The van der Waals surface area contributed by atoms with Crippen molar-refractivity contribution < 1.29 is 19.1 Å². The van der Waals surface area contributed by atoms with Crippen LogP contribution in [0.5, 0.6) is 0 Å². The van der Waals surface area contributed by atoms with Gasteiger partial charge in [-0.2, -0.15) is 0 Å². The molecule has 23 heavy (non-hydrogen) atoms. The molecule has 128 valence electrons. The van der Waals surface area contributed by atoms with Crippen molar-refractivity contribution in [2.24, 2.45) is 0 Å². The van der Waals surface area contributed by atoms with E-state index < -0.39 is 11.6 Å². The first-order valence-corrected chi connectivity index (χ1v) is 8.48. The van der Waals surface area contributed by atoms with Crippen molar-refractivity contribution in [2.75, 3.05) is 19.8 Å². The molecule has 0 aliphatic carbocycles. The van der Waals surface area contributed by atoms with Crippen LogP contribution >= 0.6 is 0 Å². The van der Waals surface area contributed by atoms with Crippen molar-refractivity contribution in [3.05, 3.63) is 0 Å². The van der Waals surface area contributed by atoms with Crippen molar-refractivity contribution in [2.45, 2.75) is 63.6 Å². The molecule has 3 aliphatic heterocycles. The van der Waals surface area contributed by atoms with E-state index in [4.69, 9.17) is 4.74 Å². The SMILES string of the molecule is C[C@H]1CCC[C@H](C)N1C(=O)CN1C(=O)NC2(CCOCC2)C1=O. The summed E-state index contributed by atoms with van der Waals surface area (Å²) in [6, 6.07) is -0.143. The summed E-state index contributed by atoms with van der Waals surface area (Å²) in [5, 5.41) is 2.79. The zero-order valence-corrected chi connectivity index (χ0v) is 13.8. The number of nitrogens with one attached hydrogen (secondary N) is 1. The topological polar surface area (TPSA) is 79.0 Å². The maximum absolute atomic E-state index is 12.7. The van der Waals surface area contributed by atoms with Crippen molar-refractivity contribution in [1.29, 1.82) is 0 Å². The monoisotopic (exact) mass is 323 g/mol. The van der Waals surface area contributed by atoms with Gasteiger partial charge in [-0.05, 0) is 33.1 Å². The van der Waals surface area contributed by atoms with Crippen LogP contribution in [0.25, 0.3) is 0 Å². The number of likely N-dealkylation sites (tertiary alicyclic amines) is 1. The Hall–Kier alpha value is -1.63. The number of rotatable bonds is 2. The molecule has 0 bridgehead atoms. The van der Waals surface area contributed by atoms with Gasteiger partial charge >= 0.3 is 6.03 Å². The van der Waals surface area contributed by atoms with Crippen molar-refractivity contribution in [3.8, 4) is 0 Å². The summed E-state index contributed by atoms with van der Waals surface area (Å²) < 4.78 is 5.28. The van der Waals surface area contributed by atoms with Crippen LogP contribution in [-0.4, -0.2) is 65.0 Å². The van der Waals surface area contributed by atoms with Gasteiger partial charge in [0.1, 0.15) is 12.1 Å².